The molecule has 1 saturated heterocycles. The molecular formula is C28H34N2O3. The van der Waals surface area contributed by atoms with Crippen molar-refractivity contribution in [2.24, 2.45) is 23.7 Å². The van der Waals surface area contributed by atoms with Gasteiger partial charge in [-0.1, -0.05) is 50.7 Å². The standard InChI is InChI=1S/C28H34N2O3/c31-26(29(21-7-3-1-4-8-21)22-9-5-2-6-10-22)18-13-15-23(16-14-18)30-27(32)24-19-11-12-20(17-19)25(24)28(30)33/h11-16,19-22,24-25H,1-10,17H2/t19-,20-,24+,25+/m0/s1. The van der Waals surface area contributed by atoms with Gasteiger partial charge in [0.25, 0.3) is 5.91 Å². The van der Waals surface area contributed by atoms with E-state index in [9.17, 15) is 14.4 Å². The molecule has 1 aromatic rings. The van der Waals surface area contributed by atoms with Crippen LogP contribution in [0.15, 0.2) is 36.4 Å². The molecule has 0 unspecified atom stereocenters. The minimum atomic E-state index is -0.193. The van der Waals surface area contributed by atoms with E-state index in [1.54, 1.807) is 12.1 Å². The molecule has 1 aromatic carbocycles. The summed E-state index contributed by atoms with van der Waals surface area (Å²) < 4.78 is 0. The van der Waals surface area contributed by atoms with Gasteiger partial charge in [-0.25, -0.2) is 0 Å². The Morgan fingerprint density at radius 1 is 0.727 bits per heavy atom. The molecule has 1 heterocycles. The lowest BCUT2D eigenvalue weighted by atomic mass is 9.85. The third-order valence-electron chi connectivity index (χ3n) is 9.01. The fraction of sp³-hybridized carbons (Fsp3) is 0.607. The first-order valence-electron chi connectivity index (χ1n) is 13.1. The normalized spacial score (nSPS) is 31.9. The molecule has 1 aliphatic heterocycles. The van der Waals surface area contributed by atoms with Crippen LogP contribution in [0, 0.1) is 23.7 Å². The number of benzene rings is 1. The van der Waals surface area contributed by atoms with Gasteiger partial charge >= 0.3 is 0 Å². The zero-order valence-electron chi connectivity index (χ0n) is 19.3. The highest BCUT2D eigenvalue weighted by molar-refractivity contribution is 6.22. The van der Waals surface area contributed by atoms with Gasteiger partial charge in [-0.05, 0) is 68.2 Å². The fourth-order valence-electron chi connectivity index (χ4n) is 7.41. The molecule has 4 aliphatic carbocycles. The SMILES string of the molecule is O=C1[C@H]2[C@H](C(=O)N1c1ccc(C(=O)N(C3CCCCC3)C3CCCCC3)cc1)[C@H]1C=C[C@H]2C1. The summed E-state index contributed by atoms with van der Waals surface area (Å²) in [6, 6.07) is 7.96. The molecule has 4 atom stereocenters. The van der Waals surface area contributed by atoms with Gasteiger partial charge in [0.1, 0.15) is 0 Å². The Morgan fingerprint density at radius 3 is 1.70 bits per heavy atom. The van der Waals surface area contributed by atoms with E-state index >= 15 is 0 Å². The highest BCUT2D eigenvalue weighted by atomic mass is 16.2. The Labute approximate surface area is 196 Å². The van der Waals surface area contributed by atoms with E-state index in [0.29, 0.717) is 23.3 Å². The maximum Gasteiger partial charge on any atom is 0.254 e. The van der Waals surface area contributed by atoms with E-state index in [0.717, 1.165) is 32.1 Å². The number of fused-ring (bicyclic) bond motifs is 5. The maximum atomic E-state index is 13.7. The van der Waals surface area contributed by atoms with Gasteiger partial charge in [0.2, 0.25) is 11.8 Å². The first-order valence-corrected chi connectivity index (χ1v) is 13.1. The summed E-state index contributed by atoms with van der Waals surface area (Å²) >= 11 is 0. The lowest BCUT2D eigenvalue weighted by molar-refractivity contribution is -0.123. The van der Waals surface area contributed by atoms with E-state index in [2.05, 4.69) is 17.1 Å². The van der Waals surface area contributed by atoms with Crippen LogP contribution in [0.25, 0.3) is 0 Å². The third-order valence-corrected chi connectivity index (χ3v) is 9.01. The van der Waals surface area contributed by atoms with E-state index in [1.807, 2.05) is 12.1 Å². The van der Waals surface area contributed by atoms with Crippen LogP contribution in [-0.4, -0.2) is 34.7 Å². The molecular weight excluding hydrogens is 412 g/mol. The van der Waals surface area contributed by atoms with Crippen molar-refractivity contribution in [1.82, 2.24) is 4.90 Å². The lowest BCUT2D eigenvalue weighted by Gasteiger charge is -2.42. The molecule has 0 spiro atoms. The Bertz CT molecular complexity index is 923. The maximum absolute atomic E-state index is 13.7. The Morgan fingerprint density at radius 2 is 1.21 bits per heavy atom. The Balaban J connectivity index is 1.23. The number of anilines is 1. The van der Waals surface area contributed by atoms with Crippen molar-refractivity contribution in [3.63, 3.8) is 0 Å². The smallest absolute Gasteiger partial charge is 0.254 e. The van der Waals surface area contributed by atoms with Crippen LogP contribution in [0.1, 0.15) is 81.0 Å². The number of hydrogen-bond donors (Lipinski definition) is 0. The van der Waals surface area contributed by atoms with Gasteiger partial charge in [-0.15, -0.1) is 0 Å². The number of carbonyl (C=O) groups is 3. The number of rotatable bonds is 4. The zero-order chi connectivity index (χ0) is 22.5. The third kappa shape index (κ3) is 3.46. The lowest BCUT2D eigenvalue weighted by Crippen LogP contribution is -2.48. The highest BCUT2D eigenvalue weighted by Gasteiger charge is 2.59. The van der Waals surface area contributed by atoms with E-state index in [4.69, 9.17) is 0 Å². The average Bonchev–Trinajstić information content (AvgIpc) is 3.54. The molecule has 3 amide bonds. The largest absolute Gasteiger partial charge is 0.333 e. The molecule has 6 rings (SSSR count). The molecule has 5 aliphatic rings. The average molecular weight is 447 g/mol. The van der Waals surface area contributed by atoms with Gasteiger partial charge in [0, 0.05) is 17.6 Å². The summed E-state index contributed by atoms with van der Waals surface area (Å²) in [5.41, 5.74) is 1.29. The molecule has 3 saturated carbocycles. The van der Waals surface area contributed by atoms with Crippen LogP contribution in [-0.2, 0) is 9.59 Å². The number of amides is 3. The Hall–Kier alpha value is -2.43. The highest BCUT2D eigenvalue weighted by Crippen LogP contribution is 2.53. The van der Waals surface area contributed by atoms with Gasteiger partial charge < -0.3 is 4.90 Å². The molecule has 2 bridgehead atoms. The van der Waals surface area contributed by atoms with Crippen LogP contribution in [0.5, 0.6) is 0 Å². The number of nitrogens with zero attached hydrogens (tertiary/aromatic N) is 2. The quantitative estimate of drug-likeness (QED) is 0.477. The van der Waals surface area contributed by atoms with Crippen molar-refractivity contribution in [2.45, 2.75) is 82.7 Å². The van der Waals surface area contributed by atoms with Crippen LogP contribution in [0.3, 0.4) is 0 Å². The summed E-state index contributed by atoms with van der Waals surface area (Å²) in [6.07, 6.45) is 17.0. The number of hydrogen-bond acceptors (Lipinski definition) is 3. The van der Waals surface area contributed by atoms with Crippen molar-refractivity contribution in [3.8, 4) is 0 Å². The van der Waals surface area contributed by atoms with Crippen molar-refractivity contribution in [1.29, 1.82) is 0 Å². The monoisotopic (exact) mass is 446 g/mol. The molecule has 174 valence electrons. The van der Waals surface area contributed by atoms with Gasteiger partial charge in [0.05, 0.1) is 17.5 Å². The summed E-state index contributed by atoms with van der Waals surface area (Å²) in [4.78, 5) is 43.6. The fourth-order valence-corrected chi connectivity index (χ4v) is 7.41. The summed E-state index contributed by atoms with van der Waals surface area (Å²) in [5.74, 6) is 0.0324. The van der Waals surface area contributed by atoms with E-state index in [-0.39, 0.29) is 41.4 Å². The zero-order valence-corrected chi connectivity index (χ0v) is 19.3. The van der Waals surface area contributed by atoms with Crippen molar-refractivity contribution in [2.75, 3.05) is 4.90 Å². The minimum Gasteiger partial charge on any atom is -0.333 e. The number of allylic oxidation sites excluding steroid dienone is 2. The van der Waals surface area contributed by atoms with Crippen LogP contribution < -0.4 is 4.90 Å². The number of imide groups is 1. The second-order valence-corrected chi connectivity index (χ2v) is 10.9. The first kappa shape index (κ1) is 21.1. The molecule has 5 nitrogen and oxygen atoms in total. The number of carbonyl (C=O) groups excluding carboxylic acids is 3. The molecule has 4 fully saturated rings. The van der Waals surface area contributed by atoms with Crippen molar-refractivity contribution < 1.29 is 14.4 Å². The van der Waals surface area contributed by atoms with Crippen LogP contribution in [0.4, 0.5) is 5.69 Å². The van der Waals surface area contributed by atoms with Crippen LogP contribution in [0.2, 0.25) is 0 Å². The van der Waals surface area contributed by atoms with Gasteiger partial charge in [-0.2, -0.15) is 0 Å². The minimum absolute atomic E-state index is 0.0630. The molecule has 0 radical (unpaired) electrons. The Kier molecular flexibility index (Phi) is 5.38. The second-order valence-electron chi connectivity index (χ2n) is 10.9. The topological polar surface area (TPSA) is 57.7 Å². The van der Waals surface area contributed by atoms with Crippen molar-refractivity contribution in [3.05, 3.63) is 42.0 Å². The predicted octanol–water partition coefficient (Wildman–Crippen LogP) is 5.11. The molecule has 0 N–H and O–H groups in total. The summed E-state index contributed by atoms with van der Waals surface area (Å²) in [7, 11) is 0. The molecule has 0 aromatic heterocycles. The second kappa shape index (κ2) is 8.41. The molecule has 33 heavy (non-hydrogen) atoms. The van der Waals surface area contributed by atoms with Crippen LogP contribution >= 0.6 is 0 Å². The first-order chi connectivity index (χ1) is 16.1. The summed E-state index contributed by atoms with van der Waals surface area (Å²) in [5, 5.41) is 0. The molecule has 5 heteroatoms. The predicted molar refractivity (Wildman–Crippen MR) is 127 cm³/mol. The van der Waals surface area contributed by atoms with Gasteiger partial charge in [-0.3, -0.25) is 19.3 Å². The summed E-state index contributed by atoms with van der Waals surface area (Å²) in [6.45, 7) is 0. The van der Waals surface area contributed by atoms with Crippen molar-refractivity contribution >= 4 is 23.4 Å². The van der Waals surface area contributed by atoms with Gasteiger partial charge in [0.15, 0.2) is 0 Å². The van der Waals surface area contributed by atoms with E-state index in [1.165, 1.54) is 43.4 Å². The van der Waals surface area contributed by atoms with E-state index < -0.39 is 0 Å².